The SMILES string of the molecule is COC(=O)C(C)C(C)NC1CCC(C)C1. The predicted octanol–water partition coefficient (Wildman–Crippen LogP) is 1.96. The molecular formula is C12H23NO2. The summed E-state index contributed by atoms with van der Waals surface area (Å²) in [6, 6.07) is 0.787. The summed E-state index contributed by atoms with van der Waals surface area (Å²) < 4.78 is 4.74. The number of nitrogens with one attached hydrogen (secondary N) is 1. The summed E-state index contributed by atoms with van der Waals surface area (Å²) in [4.78, 5) is 11.3. The maximum absolute atomic E-state index is 11.3. The van der Waals surface area contributed by atoms with E-state index in [1.807, 2.05) is 6.92 Å². The van der Waals surface area contributed by atoms with Gasteiger partial charge in [0.1, 0.15) is 0 Å². The second kappa shape index (κ2) is 5.50. The molecule has 0 spiro atoms. The first-order valence-corrected chi connectivity index (χ1v) is 5.88. The average Bonchev–Trinajstić information content (AvgIpc) is 2.61. The molecule has 0 aromatic heterocycles. The molecule has 1 saturated carbocycles. The molecule has 3 nitrogen and oxygen atoms in total. The van der Waals surface area contributed by atoms with Crippen LogP contribution < -0.4 is 5.32 Å². The molecule has 0 aliphatic heterocycles. The van der Waals surface area contributed by atoms with Gasteiger partial charge in [-0.05, 0) is 32.1 Å². The van der Waals surface area contributed by atoms with Crippen molar-refractivity contribution in [1.29, 1.82) is 0 Å². The molecular weight excluding hydrogens is 190 g/mol. The van der Waals surface area contributed by atoms with Crippen LogP contribution in [0.1, 0.15) is 40.0 Å². The monoisotopic (exact) mass is 213 g/mol. The lowest BCUT2D eigenvalue weighted by atomic mass is 10.0. The van der Waals surface area contributed by atoms with Gasteiger partial charge >= 0.3 is 5.97 Å². The minimum Gasteiger partial charge on any atom is -0.469 e. The molecule has 0 saturated heterocycles. The van der Waals surface area contributed by atoms with Crippen molar-refractivity contribution in [3.05, 3.63) is 0 Å². The molecule has 4 atom stereocenters. The van der Waals surface area contributed by atoms with E-state index in [-0.39, 0.29) is 17.9 Å². The minimum atomic E-state index is -0.124. The minimum absolute atomic E-state index is 0.0640. The second-order valence-electron chi connectivity index (χ2n) is 4.88. The fourth-order valence-electron chi connectivity index (χ4n) is 2.26. The summed E-state index contributed by atoms with van der Waals surface area (Å²) in [5, 5.41) is 3.52. The van der Waals surface area contributed by atoms with Gasteiger partial charge < -0.3 is 10.1 Å². The summed E-state index contributed by atoms with van der Waals surface area (Å²) in [5.41, 5.74) is 0. The highest BCUT2D eigenvalue weighted by molar-refractivity contribution is 5.72. The Morgan fingerprint density at radius 2 is 2.07 bits per heavy atom. The van der Waals surface area contributed by atoms with Gasteiger partial charge in [-0.3, -0.25) is 4.79 Å². The van der Waals surface area contributed by atoms with E-state index >= 15 is 0 Å². The molecule has 1 aliphatic carbocycles. The molecule has 15 heavy (non-hydrogen) atoms. The van der Waals surface area contributed by atoms with Crippen LogP contribution in [0.15, 0.2) is 0 Å². The molecule has 1 fully saturated rings. The van der Waals surface area contributed by atoms with Crippen molar-refractivity contribution in [2.24, 2.45) is 11.8 Å². The molecule has 0 aromatic rings. The third-order valence-electron chi connectivity index (χ3n) is 3.52. The second-order valence-corrected chi connectivity index (χ2v) is 4.88. The van der Waals surface area contributed by atoms with E-state index in [1.54, 1.807) is 0 Å². The van der Waals surface area contributed by atoms with E-state index in [2.05, 4.69) is 19.2 Å². The molecule has 1 rings (SSSR count). The van der Waals surface area contributed by atoms with Crippen LogP contribution in [0, 0.1) is 11.8 Å². The van der Waals surface area contributed by atoms with Crippen LogP contribution >= 0.6 is 0 Å². The lowest BCUT2D eigenvalue weighted by Crippen LogP contribution is -2.41. The van der Waals surface area contributed by atoms with Gasteiger partial charge in [0.15, 0.2) is 0 Å². The molecule has 0 heterocycles. The van der Waals surface area contributed by atoms with Crippen molar-refractivity contribution >= 4 is 5.97 Å². The third-order valence-corrected chi connectivity index (χ3v) is 3.52. The summed E-state index contributed by atoms with van der Waals surface area (Å²) >= 11 is 0. The van der Waals surface area contributed by atoms with E-state index in [1.165, 1.54) is 26.4 Å². The number of hydrogen-bond donors (Lipinski definition) is 1. The van der Waals surface area contributed by atoms with Crippen molar-refractivity contribution in [2.45, 2.75) is 52.1 Å². The van der Waals surface area contributed by atoms with Gasteiger partial charge in [-0.25, -0.2) is 0 Å². The number of rotatable bonds is 4. The normalized spacial score (nSPS) is 29.9. The summed E-state index contributed by atoms with van der Waals surface area (Å²) in [6.07, 6.45) is 3.77. The Bertz CT molecular complexity index is 218. The summed E-state index contributed by atoms with van der Waals surface area (Å²) in [5.74, 6) is 0.634. The van der Waals surface area contributed by atoms with Crippen LogP contribution in [0.3, 0.4) is 0 Å². The van der Waals surface area contributed by atoms with Gasteiger partial charge in [0, 0.05) is 12.1 Å². The van der Waals surface area contributed by atoms with Gasteiger partial charge in [0.25, 0.3) is 0 Å². The van der Waals surface area contributed by atoms with Crippen LogP contribution in [0.25, 0.3) is 0 Å². The highest BCUT2D eigenvalue weighted by atomic mass is 16.5. The first-order chi connectivity index (χ1) is 7.04. The molecule has 88 valence electrons. The molecule has 4 unspecified atom stereocenters. The van der Waals surface area contributed by atoms with Gasteiger partial charge in [-0.15, -0.1) is 0 Å². The zero-order valence-electron chi connectivity index (χ0n) is 10.2. The Morgan fingerprint density at radius 3 is 2.53 bits per heavy atom. The fraction of sp³-hybridized carbons (Fsp3) is 0.917. The van der Waals surface area contributed by atoms with Crippen molar-refractivity contribution in [1.82, 2.24) is 5.32 Å². The average molecular weight is 213 g/mol. The van der Waals surface area contributed by atoms with E-state index < -0.39 is 0 Å². The molecule has 1 aliphatic rings. The lowest BCUT2D eigenvalue weighted by molar-refractivity contribution is -0.145. The Balaban J connectivity index is 2.34. The number of carbonyl (C=O) groups excluding carboxylic acids is 1. The number of carbonyl (C=O) groups is 1. The highest BCUT2D eigenvalue weighted by Gasteiger charge is 2.26. The summed E-state index contributed by atoms with van der Waals surface area (Å²) in [7, 11) is 1.45. The first-order valence-electron chi connectivity index (χ1n) is 5.88. The van der Waals surface area contributed by atoms with Crippen molar-refractivity contribution < 1.29 is 9.53 Å². The van der Waals surface area contributed by atoms with Crippen LogP contribution in [0.2, 0.25) is 0 Å². The van der Waals surface area contributed by atoms with Crippen LogP contribution in [0.4, 0.5) is 0 Å². The Morgan fingerprint density at radius 1 is 1.40 bits per heavy atom. The fourth-order valence-corrected chi connectivity index (χ4v) is 2.26. The van der Waals surface area contributed by atoms with Crippen molar-refractivity contribution in [3.8, 4) is 0 Å². The van der Waals surface area contributed by atoms with Gasteiger partial charge in [0.2, 0.25) is 0 Å². The topological polar surface area (TPSA) is 38.3 Å². The molecule has 0 bridgehead atoms. The smallest absolute Gasteiger partial charge is 0.309 e. The molecule has 0 radical (unpaired) electrons. The van der Waals surface area contributed by atoms with Crippen LogP contribution in [0.5, 0.6) is 0 Å². The van der Waals surface area contributed by atoms with Crippen molar-refractivity contribution in [2.75, 3.05) is 7.11 Å². The summed E-state index contributed by atoms with van der Waals surface area (Å²) in [6.45, 7) is 6.27. The van der Waals surface area contributed by atoms with Gasteiger partial charge in [-0.1, -0.05) is 13.8 Å². The van der Waals surface area contributed by atoms with Gasteiger partial charge in [0.05, 0.1) is 13.0 Å². The molecule has 0 aromatic carbocycles. The quantitative estimate of drug-likeness (QED) is 0.725. The van der Waals surface area contributed by atoms with E-state index in [0.717, 1.165) is 5.92 Å². The molecule has 1 N–H and O–H groups in total. The zero-order chi connectivity index (χ0) is 11.4. The maximum atomic E-state index is 11.3. The largest absolute Gasteiger partial charge is 0.469 e. The molecule has 3 heteroatoms. The molecule has 0 amide bonds. The van der Waals surface area contributed by atoms with Crippen molar-refractivity contribution in [3.63, 3.8) is 0 Å². The van der Waals surface area contributed by atoms with Crippen LogP contribution in [-0.4, -0.2) is 25.2 Å². The Labute approximate surface area is 92.6 Å². The van der Waals surface area contributed by atoms with E-state index in [4.69, 9.17) is 4.74 Å². The Hall–Kier alpha value is -0.570. The van der Waals surface area contributed by atoms with E-state index in [0.29, 0.717) is 6.04 Å². The van der Waals surface area contributed by atoms with E-state index in [9.17, 15) is 4.79 Å². The number of esters is 1. The van der Waals surface area contributed by atoms with Gasteiger partial charge in [-0.2, -0.15) is 0 Å². The van der Waals surface area contributed by atoms with Crippen LogP contribution in [-0.2, 0) is 9.53 Å². The maximum Gasteiger partial charge on any atom is 0.309 e. The number of methoxy groups -OCH3 is 1. The lowest BCUT2D eigenvalue weighted by Gasteiger charge is -2.23. The highest BCUT2D eigenvalue weighted by Crippen LogP contribution is 2.25. The predicted molar refractivity (Wildman–Crippen MR) is 60.6 cm³/mol. The number of hydrogen-bond acceptors (Lipinski definition) is 3. The standard InChI is InChI=1S/C12H23NO2/c1-8-5-6-11(7-8)13-10(3)9(2)12(14)15-4/h8-11,13H,5-7H2,1-4H3. The third kappa shape index (κ3) is 3.49. The zero-order valence-corrected chi connectivity index (χ0v) is 10.2. The first kappa shape index (κ1) is 12.5. The Kier molecular flexibility index (Phi) is 4.58. The number of ether oxygens (including phenoxy) is 1.